The molecular weight excluding hydrogens is 250 g/mol. The quantitative estimate of drug-likeness (QED) is 0.825. The van der Waals surface area contributed by atoms with Gasteiger partial charge < -0.3 is 10.2 Å². The second-order valence-electron chi connectivity index (χ2n) is 5.75. The van der Waals surface area contributed by atoms with Gasteiger partial charge in [-0.25, -0.2) is 0 Å². The summed E-state index contributed by atoms with van der Waals surface area (Å²) in [6, 6.07) is 8.27. The largest absolute Gasteiger partial charge is 0.395 e. The van der Waals surface area contributed by atoms with Gasteiger partial charge in [-0.05, 0) is 37.5 Å². The molecule has 108 valence electrons. The van der Waals surface area contributed by atoms with E-state index in [1.807, 2.05) is 19.1 Å². The fourth-order valence-corrected chi connectivity index (χ4v) is 2.37. The van der Waals surface area contributed by atoms with Gasteiger partial charge in [0.15, 0.2) is 0 Å². The zero-order valence-electron chi connectivity index (χ0n) is 12.1. The predicted octanol–water partition coefficient (Wildman–Crippen LogP) is 1.77. The maximum atomic E-state index is 9.94. The summed E-state index contributed by atoms with van der Waals surface area (Å²) in [6.07, 6.45) is 2.21. The van der Waals surface area contributed by atoms with Crippen LogP contribution >= 0.6 is 0 Å². The average molecular weight is 273 g/mol. The SMILES string of the molecule is CC1(O)CCN(Cc2ccc(C#CCCO)cc2)CC1. The Kier molecular flexibility index (Phi) is 5.19. The van der Waals surface area contributed by atoms with E-state index in [9.17, 15) is 5.11 Å². The number of benzene rings is 1. The number of piperidine rings is 1. The topological polar surface area (TPSA) is 43.7 Å². The van der Waals surface area contributed by atoms with Gasteiger partial charge in [-0.1, -0.05) is 24.0 Å². The highest BCUT2D eigenvalue weighted by molar-refractivity contribution is 5.36. The fraction of sp³-hybridized carbons (Fsp3) is 0.529. The van der Waals surface area contributed by atoms with Crippen LogP contribution in [0.4, 0.5) is 0 Å². The van der Waals surface area contributed by atoms with Gasteiger partial charge in [-0.3, -0.25) is 4.90 Å². The highest BCUT2D eigenvalue weighted by Gasteiger charge is 2.26. The summed E-state index contributed by atoms with van der Waals surface area (Å²) in [4.78, 5) is 2.38. The first-order valence-electron chi connectivity index (χ1n) is 7.22. The molecule has 0 atom stereocenters. The van der Waals surface area contributed by atoms with Crippen LogP contribution in [0.15, 0.2) is 24.3 Å². The highest BCUT2D eigenvalue weighted by atomic mass is 16.3. The molecule has 1 saturated heterocycles. The highest BCUT2D eigenvalue weighted by Crippen LogP contribution is 2.22. The Hall–Kier alpha value is -1.34. The van der Waals surface area contributed by atoms with Gasteiger partial charge >= 0.3 is 0 Å². The molecule has 1 aliphatic rings. The number of likely N-dealkylation sites (tertiary alicyclic amines) is 1. The molecule has 3 nitrogen and oxygen atoms in total. The zero-order chi connectivity index (χ0) is 14.4. The second-order valence-corrected chi connectivity index (χ2v) is 5.75. The van der Waals surface area contributed by atoms with Gasteiger partial charge in [0.05, 0.1) is 12.2 Å². The van der Waals surface area contributed by atoms with Crippen LogP contribution in [0.5, 0.6) is 0 Å². The van der Waals surface area contributed by atoms with Crippen LogP contribution in [0.3, 0.4) is 0 Å². The summed E-state index contributed by atoms with van der Waals surface area (Å²) in [5.74, 6) is 5.95. The third kappa shape index (κ3) is 4.64. The number of aliphatic hydroxyl groups is 2. The summed E-state index contributed by atoms with van der Waals surface area (Å²) in [5, 5.41) is 18.6. The second kappa shape index (κ2) is 6.90. The Morgan fingerprint density at radius 1 is 1.20 bits per heavy atom. The third-order valence-corrected chi connectivity index (χ3v) is 3.76. The van der Waals surface area contributed by atoms with Crippen molar-refractivity contribution in [2.45, 2.75) is 38.3 Å². The molecule has 0 aromatic heterocycles. The minimum atomic E-state index is -0.483. The van der Waals surface area contributed by atoms with Crippen molar-refractivity contribution in [2.75, 3.05) is 19.7 Å². The smallest absolute Gasteiger partial charge is 0.0644 e. The maximum Gasteiger partial charge on any atom is 0.0644 e. The lowest BCUT2D eigenvalue weighted by atomic mass is 9.93. The van der Waals surface area contributed by atoms with E-state index in [0.717, 1.165) is 38.0 Å². The van der Waals surface area contributed by atoms with E-state index >= 15 is 0 Å². The summed E-state index contributed by atoms with van der Waals surface area (Å²) in [7, 11) is 0. The zero-order valence-corrected chi connectivity index (χ0v) is 12.1. The Bertz CT molecular complexity index is 472. The molecule has 1 heterocycles. The molecule has 0 bridgehead atoms. The molecule has 1 fully saturated rings. The van der Waals surface area contributed by atoms with Gasteiger partial charge in [-0.2, -0.15) is 0 Å². The van der Waals surface area contributed by atoms with Crippen LogP contribution in [-0.2, 0) is 6.54 Å². The average Bonchev–Trinajstić information content (AvgIpc) is 2.43. The van der Waals surface area contributed by atoms with Gasteiger partial charge in [0.25, 0.3) is 0 Å². The molecule has 0 amide bonds. The van der Waals surface area contributed by atoms with Crippen molar-refractivity contribution in [3.8, 4) is 11.8 Å². The molecular formula is C17H23NO2. The third-order valence-electron chi connectivity index (χ3n) is 3.76. The molecule has 0 spiro atoms. The molecule has 1 aromatic carbocycles. The summed E-state index contributed by atoms with van der Waals surface area (Å²) < 4.78 is 0. The van der Waals surface area contributed by atoms with Gasteiger partial charge in [0.2, 0.25) is 0 Å². The fourth-order valence-electron chi connectivity index (χ4n) is 2.37. The van der Waals surface area contributed by atoms with E-state index < -0.39 is 5.60 Å². The van der Waals surface area contributed by atoms with E-state index in [1.165, 1.54) is 5.56 Å². The van der Waals surface area contributed by atoms with Crippen molar-refractivity contribution in [1.29, 1.82) is 0 Å². The first kappa shape index (κ1) is 15.1. The van der Waals surface area contributed by atoms with E-state index in [0.29, 0.717) is 6.42 Å². The Labute approximate surface area is 121 Å². The number of hydrogen-bond donors (Lipinski definition) is 2. The molecule has 20 heavy (non-hydrogen) atoms. The lowest BCUT2D eigenvalue weighted by molar-refractivity contribution is -0.00729. The lowest BCUT2D eigenvalue weighted by Crippen LogP contribution is -2.41. The first-order chi connectivity index (χ1) is 9.59. The maximum absolute atomic E-state index is 9.94. The van der Waals surface area contributed by atoms with Gasteiger partial charge in [0, 0.05) is 31.6 Å². The molecule has 0 radical (unpaired) electrons. The molecule has 1 aliphatic heterocycles. The number of hydrogen-bond acceptors (Lipinski definition) is 3. The minimum absolute atomic E-state index is 0.115. The van der Waals surface area contributed by atoms with Gasteiger partial charge in [-0.15, -0.1) is 0 Å². The van der Waals surface area contributed by atoms with E-state index in [2.05, 4.69) is 28.9 Å². The molecule has 2 rings (SSSR count). The predicted molar refractivity (Wildman–Crippen MR) is 80.2 cm³/mol. The molecule has 0 saturated carbocycles. The Morgan fingerprint density at radius 2 is 1.85 bits per heavy atom. The van der Waals surface area contributed by atoms with Crippen LogP contribution in [0.1, 0.15) is 37.3 Å². The molecule has 0 unspecified atom stereocenters. The standard InChI is InChI=1S/C17H23NO2/c1-17(20)9-11-18(12-10-17)14-16-7-5-15(6-8-16)4-2-3-13-19/h5-8,19-20H,3,9-14H2,1H3. The molecule has 1 aromatic rings. The van der Waals surface area contributed by atoms with Crippen molar-refractivity contribution in [1.82, 2.24) is 4.90 Å². The Morgan fingerprint density at radius 3 is 2.45 bits per heavy atom. The van der Waals surface area contributed by atoms with Gasteiger partial charge in [0.1, 0.15) is 0 Å². The van der Waals surface area contributed by atoms with Crippen LogP contribution in [0.25, 0.3) is 0 Å². The molecule has 0 aliphatic carbocycles. The van der Waals surface area contributed by atoms with E-state index in [-0.39, 0.29) is 6.61 Å². The van der Waals surface area contributed by atoms with E-state index in [4.69, 9.17) is 5.11 Å². The van der Waals surface area contributed by atoms with Crippen molar-refractivity contribution in [3.05, 3.63) is 35.4 Å². The van der Waals surface area contributed by atoms with E-state index in [1.54, 1.807) is 0 Å². The first-order valence-corrected chi connectivity index (χ1v) is 7.22. The molecule has 3 heteroatoms. The van der Waals surface area contributed by atoms with Crippen LogP contribution in [-0.4, -0.2) is 40.4 Å². The van der Waals surface area contributed by atoms with Crippen molar-refractivity contribution >= 4 is 0 Å². The summed E-state index contributed by atoms with van der Waals surface area (Å²) in [6.45, 7) is 4.87. The number of rotatable bonds is 3. The monoisotopic (exact) mass is 273 g/mol. The van der Waals surface area contributed by atoms with Crippen molar-refractivity contribution in [3.63, 3.8) is 0 Å². The van der Waals surface area contributed by atoms with Crippen LogP contribution < -0.4 is 0 Å². The number of aliphatic hydroxyl groups excluding tert-OH is 1. The Balaban J connectivity index is 1.87. The molecule has 2 N–H and O–H groups in total. The van der Waals surface area contributed by atoms with Crippen LogP contribution in [0, 0.1) is 11.8 Å². The minimum Gasteiger partial charge on any atom is -0.395 e. The normalized spacial score (nSPS) is 18.4. The lowest BCUT2D eigenvalue weighted by Gasteiger charge is -2.35. The van der Waals surface area contributed by atoms with Crippen LogP contribution in [0.2, 0.25) is 0 Å². The number of nitrogens with zero attached hydrogens (tertiary/aromatic N) is 1. The van der Waals surface area contributed by atoms with Crippen molar-refractivity contribution < 1.29 is 10.2 Å². The summed E-state index contributed by atoms with van der Waals surface area (Å²) in [5.41, 5.74) is 1.78. The summed E-state index contributed by atoms with van der Waals surface area (Å²) >= 11 is 0. The van der Waals surface area contributed by atoms with Crippen molar-refractivity contribution in [2.24, 2.45) is 0 Å².